The van der Waals surface area contributed by atoms with Gasteiger partial charge in [0.1, 0.15) is 4.90 Å². The van der Waals surface area contributed by atoms with E-state index in [0.29, 0.717) is 0 Å². The van der Waals surface area contributed by atoms with E-state index in [4.69, 9.17) is 16.3 Å². The van der Waals surface area contributed by atoms with E-state index in [1.165, 1.54) is 32.7 Å². The molecule has 0 saturated heterocycles. The van der Waals surface area contributed by atoms with Gasteiger partial charge in [-0.3, -0.25) is 9.78 Å². The predicted molar refractivity (Wildman–Crippen MR) is 76.5 cm³/mol. The number of pyridine rings is 1. The van der Waals surface area contributed by atoms with Gasteiger partial charge in [0, 0.05) is 32.6 Å². The Kier molecular flexibility index (Phi) is 7.03. The lowest BCUT2D eigenvalue weighted by atomic mass is 10.4. The summed E-state index contributed by atoms with van der Waals surface area (Å²) in [5, 5.41) is 0.0745. The Bertz CT molecular complexity index is 579. The fourth-order valence-corrected chi connectivity index (χ4v) is 3.39. The number of ether oxygens (including phenoxy) is 2. The molecule has 0 unspecified atom stereocenters. The number of halogens is 1. The molecule has 1 rings (SSSR count). The zero-order valence-electron chi connectivity index (χ0n) is 11.8. The van der Waals surface area contributed by atoms with Crippen LogP contribution in [0.2, 0.25) is 5.02 Å². The maximum atomic E-state index is 12.6. The molecule has 0 amide bonds. The molecule has 9 heteroatoms. The third-order valence-corrected chi connectivity index (χ3v) is 5.06. The highest BCUT2D eigenvalue weighted by Gasteiger charge is 2.27. The van der Waals surface area contributed by atoms with E-state index < -0.39 is 16.0 Å². The normalized spacial score (nSPS) is 11.6. The van der Waals surface area contributed by atoms with E-state index >= 15 is 0 Å². The average Bonchev–Trinajstić information content (AvgIpc) is 2.46. The quantitative estimate of drug-likeness (QED) is 0.657. The van der Waals surface area contributed by atoms with Gasteiger partial charge in [-0.1, -0.05) is 11.6 Å². The number of nitrogens with zero attached hydrogens (tertiary/aromatic N) is 2. The summed E-state index contributed by atoms with van der Waals surface area (Å²) < 4.78 is 35.6. The summed E-state index contributed by atoms with van der Waals surface area (Å²) in [5.41, 5.74) is 0. The molecular formula is C12H17ClN2O5S. The Balaban J connectivity index is 3.00. The lowest BCUT2D eigenvalue weighted by Crippen LogP contribution is -2.36. The van der Waals surface area contributed by atoms with Crippen LogP contribution in [-0.4, -0.2) is 57.6 Å². The molecule has 1 aromatic heterocycles. The first-order chi connectivity index (χ1) is 9.93. The van der Waals surface area contributed by atoms with Gasteiger partial charge < -0.3 is 9.47 Å². The van der Waals surface area contributed by atoms with Crippen molar-refractivity contribution in [2.45, 2.75) is 11.3 Å². The number of carbonyl (C=O) groups is 1. The van der Waals surface area contributed by atoms with Gasteiger partial charge in [-0.05, 0) is 6.07 Å². The number of methoxy groups -OCH3 is 2. The molecule has 0 bridgehead atoms. The second-order valence-corrected chi connectivity index (χ2v) is 6.34. The molecule has 1 aromatic rings. The Labute approximate surface area is 128 Å². The molecule has 0 N–H and O–H groups in total. The lowest BCUT2D eigenvalue weighted by Gasteiger charge is -2.21. The highest BCUT2D eigenvalue weighted by Crippen LogP contribution is 2.23. The van der Waals surface area contributed by atoms with Gasteiger partial charge in [0.15, 0.2) is 0 Å². The number of sulfonamides is 1. The number of hydrogen-bond donors (Lipinski definition) is 0. The van der Waals surface area contributed by atoms with Gasteiger partial charge in [-0.15, -0.1) is 0 Å². The highest BCUT2D eigenvalue weighted by atomic mass is 35.5. The van der Waals surface area contributed by atoms with E-state index in [0.717, 1.165) is 4.31 Å². The van der Waals surface area contributed by atoms with Gasteiger partial charge >= 0.3 is 5.97 Å². The van der Waals surface area contributed by atoms with Gasteiger partial charge in [-0.2, -0.15) is 4.31 Å². The molecule has 0 fully saturated rings. The second-order valence-electron chi connectivity index (χ2n) is 4.03. The van der Waals surface area contributed by atoms with E-state index in [1.807, 2.05) is 0 Å². The number of aromatic nitrogens is 1. The minimum absolute atomic E-state index is 0.0242. The molecule has 21 heavy (non-hydrogen) atoms. The summed E-state index contributed by atoms with van der Waals surface area (Å²) in [4.78, 5) is 14.9. The summed E-state index contributed by atoms with van der Waals surface area (Å²) in [6.07, 6.45) is 2.52. The lowest BCUT2D eigenvalue weighted by molar-refractivity contribution is -0.140. The van der Waals surface area contributed by atoms with Gasteiger partial charge in [-0.25, -0.2) is 8.42 Å². The van der Waals surface area contributed by atoms with Crippen LogP contribution < -0.4 is 0 Å². The molecule has 7 nitrogen and oxygen atoms in total. The van der Waals surface area contributed by atoms with E-state index in [1.54, 1.807) is 0 Å². The van der Waals surface area contributed by atoms with Crippen LogP contribution in [0.5, 0.6) is 0 Å². The summed E-state index contributed by atoms with van der Waals surface area (Å²) in [6.45, 7) is 0.267. The van der Waals surface area contributed by atoms with Crippen LogP contribution in [-0.2, 0) is 24.3 Å². The van der Waals surface area contributed by atoms with Crippen LogP contribution in [0.15, 0.2) is 23.4 Å². The van der Waals surface area contributed by atoms with Crippen LogP contribution in [0.3, 0.4) is 0 Å². The fourth-order valence-electron chi connectivity index (χ4n) is 1.56. The Hall–Kier alpha value is -1.22. The molecule has 0 aromatic carbocycles. The molecule has 0 atom stereocenters. The summed E-state index contributed by atoms with van der Waals surface area (Å²) in [7, 11) is -1.15. The third kappa shape index (κ3) is 4.92. The molecule has 0 aliphatic heterocycles. The average molecular weight is 337 g/mol. The zero-order chi connectivity index (χ0) is 15.9. The Morgan fingerprint density at radius 2 is 2.10 bits per heavy atom. The van der Waals surface area contributed by atoms with Crippen molar-refractivity contribution < 1.29 is 22.7 Å². The largest absolute Gasteiger partial charge is 0.469 e. The topological polar surface area (TPSA) is 85.8 Å². The van der Waals surface area contributed by atoms with Gasteiger partial charge in [0.2, 0.25) is 10.0 Å². The first-order valence-electron chi connectivity index (χ1n) is 6.09. The molecule has 0 saturated carbocycles. The van der Waals surface area contributed by atoms with Crippen molar-refractivity contribution in [1.82, 2.24) is 9.29 Å². The molecule has 0 spiro atoms. The monoisotopic (exact) mass is 336 g/mol. The minimum Gasteiger partial charge on any atom is -0.469 e. The summed E-state index contributed by atoms with van der Waals surface area (Å²) in [5.74, 6) is -0.495. The van der Waals surface area contributed by atoms with Crippen molar-refractivity contribution in [1.29, 1.82) is 0 Å². The second kappa shape index (κ2) is 8.28. The van der Waals surface area contributed by atoms with Crippen LogP contribution in [0, 0.1) is 0 Å². The van der Waals surface area contributed by atoms with Gasteiger partial charge in [0.05, 0.1) is 25.2 Å². The number of carbonyl (C=O) groups excluding carboxylic acids is 1. The van der Waals surface area contributed by atoms with Crippen LogP contribution in [0.4, 0.5) is 0 Å². The molecule has 0 aliphatic carbocycles. The van der Waals surface area contributed by atoms with E-state index in [2.05, 4.69) is 9.72 Å². The number of esters is 1. The summed E-state index contributed by atoms with van der Waals surface area (Å²) in [6, 6.07) is 1.39. The zero-order valence-corrected chi connectivity index (χ0v) is 13.4. The predicted octanol–water partition coefficient (Wildman–Crippen LogP) is 0.935. The van der Waals surface area contributed by atoms with E-state index in [-0.39, 0.29) is 36.0 Å². The minimum atomic E-state index is -3.86. The van der Waals surface area contributed by atoms with Crippen molar-refractivity contribution in [2.24, 2.45) is 0 Å². The highest BCUT2D eigenvalue weighted by molar-refractivity contribution is 7.89. The maximum absolute atomic E-state index is 12.6. The van der Waals surface area contributed by atoms with Crippen molar-refractivity contribution >= 4 is 27.6 Å². The molecular weight excluding hydrogens is 320 g/mol. The molecule has 0 aliphatic rings. The Morgan fingerprint density at radius 1 is 1.38 bits per heavy atom. The van der Waals surface area contributed by atoms with Crippen LogP contribution >= 0.6 is 11.6 Å². The molecule has 0 radical (unpaired) electrons. The third-order valence-electron chi connectivity index (χ3n) is 2.69. The van der Waals surface area contributed by atoms with E-state index in [9.17, 15) is 13.2 Å². The molecule has 118 valence electrons. The van der Waals surface area contributed by atoms with Crippen LogP contribution in [0.25, 0.3) is 0 Å². The van der Waals surface area contributed by atoms with Gasteiger partial charge in [0.25, 0.3) is 0 Å². The maximum Gasteiger partial charge on any atom is 0.306 e. The van der Waals surface area contributed by atoms with Crippen molar-refractivity contribution in [3.63, 3.8) is 0 Å². The SMILES string of the molecule is COCCN(CCC(=O)OC)S(=O)(=O)c1cnccc1Cl. The molecule has 1 heterocycles. The number of hydrogen-bond acceptors (Lipinski definition) is 6. The number of rotatable bonds is 8. The Morgan fingerprint density at radius 3 is 2.67 bits per heavy atom. The first-order valence-corrected chi connectivity index (χ1v) is 7.90. The van der Waals surface area contributed by atoms with Crippen molar-refractivity contribution in [2.75, 3.05) is 33.9 Å². The standard InChI is InChI=1S/C12H17ClN2O5S/c1-19-8-7-15(6-4-12(16)20-2)21(17,18)11-9-14-5-3-10(11)13/h3,5,9H,4,6-8H2,1-2H3. The van der Waals surface area contributed by atoms with Crippen molar-refractivity contribution in [3.8, 4) is 0 Å². The smallest absolute Gasteiger partial charge is 0.306 e. The van der Waals surface area contributed by atoms with Crippen LogP contribution in [0.1, 0.15) is 6.42 Å². The first kappa shape index (κ1) is 17.8. The fraction of sp³-hybridized carbons (Fsp3) is 0.500. The van der Waals surface area contributed by atoms with Crippen molar-refractivity contribution in [3.05, 3.63) is 23.5 Å². The summed E-state index contributed by atoms with van der Waals surface area (Å²) >= 11 is 5.91.